The maximum absolute atomic E-state index is 11.5. The Morgan fingerprint density at radius 1 is 1.07 bits per heavy atom. The standard InChI is InChI=1S/C23H20O4S/c1-4-22(24)27-19-8-5-16(6-9-19)11-17-7-10-21-18(12-17)13-20(28-21)14-26-23(25)15(2)3/h4-10,12-13H,1-2,11,14H2,3H3. The van der Waals surface area contributed by atoms with E-state index >= 15 is 0 Å². The number of rotatable bonds is 7. The molecule has 0 aliphatic heterocycles. The lowest BCUT2D eigenvalue weighted by atomic mass is 10.0. The molecule has 0 unspecified atom stereocenters. The molecule has 0 amide bonds. The summed E-state index contributed by atoms with van der Waals surface area (Å²) in [4.78, 5) is 23.8. The van der Waals surface area contributed by atoms with Crippen LogP contribution in [-0.2, 0) is 27.4 Å². The minimum Gasteiger partial charge on any atom is -0.457 e. The SMILES string of the molecule is C=CC(=O)Oc1ccc(Cc2ccc3sc(COC(=O)C(=C)C)cc3c2)cc1. The molecule has 0 spiro atoms. The zero-order chi connectivity index (χ0) is 20.1. The van der Waals surface area contributed by atoms with Crippen LogP contribution in [0.1, 0.15) is 22.9 Å². The van der Waals surface area contributed by atoms with Crippen molar-refractivity contribution in [3.8, 4) is 5.75 Å². The van der Waals surface area contributed by atoms with E-state index in [0.717, 1.165) is 33.0 Å². The summed E-state index contributed by atoms with van der Waals surface area (Å²) in [6.07, 6.45) is 1.90. The summed E-state index contributed by atoms with van der Waals surface area (Å²) in [5, 5.41) is 1.13. The number of benzene rings is 2. The fraction of sp³-hybridized carbons (Fsp3) is 0.130. The Balaban J connectivity index is 1.68. The van der Waals surface area contributed by atoms with Gasteiger partial charge in [0.25, 0.3) is 0 Å². The van der Waals surface area contributed by atoms with Crippen LogP contribution in [0.5, 0.6) is 5.75 Å². The number of esters is 2. The van der Waals surface area contributed by atoms with Crippen molar-refractivity contribution in [2.24, 2.45) is 0 Å². The Morgan fingerprint density at radius 3 is 2.46 bits per heavy atom. The fourth-order valence-corrected chi connectivity index (χ4v) is 3.62. The van der Waals surface area contributed by atoms with Gasteiger partial charge in [-0.25, -0.2) is 9.59 Å². The van der Waals surface area contributed by atoms with E-state index in [9.17, 15) is 9.59 Å². The van der Waals surface area contributed by atoms with Gasteiger partial charge >= 0.3 is 11.9 Å². The summed E-state index contributed by atoms with van der Waals surface area (Å²) in [6, 6.07) is 15.8. The summed E-state index contributed by atoms with van der Waals surface area (Å²) in [5.41, 5.74) is 2.68. The monoisotopic (exact) mass is 392 g/mol. The molecular formula is C23H20O4S. The second kappa shape index (κ2) is 8.67. The summed E-state index contributed by atoms with van der Waals surface area (Å²) < 4.78 is 11.5. The van der Waals surface area contributed by atoms with Crippen LogP contribution in [0.25, 0.3) is 10.1 Å². The Morgan fingerprint density at radius 2 is 1.79 bits per heavy atom. The van der Waals surface area contributed by atoms with Crippen LogP contribution in [0.3, 0.4) is 0 Å². The van der Waals surface area contributed by atoms with Crippen molar-refractivity contribution in [3.63, 3.8) is 0 Å². The average molecular weight is 392 g/mol. The topological polar surface area (TPSA) is 52.6 Å². The van der Waals surface area contributed by atoms with Gasteiger partial charge in [0.05, 0.1) is 0 Å². The zero-order valence-corrected chi connectivity index (χ0v) is 16.4. The first kappa shape index (κ1) is 19.6. The summed E-state index contributed by atoms with van der Waals surface area (Å²) in [7, 11) is 0. The third kappa shape index (κ3) is 4.96. The highest BCUT2D eigenvalue weighted by Crippen LogP contribution is 2.28. The molecule has 0 aliphatic carbocycles. The summed E-state index contributed by atoms with van der Waals surface area (Å²) in [5.74, 6) is -0.350. The molecule has 0 radical (unpaired) electrons. The van der Waals surface area contributed by atoms with Crippen LogP contribution < -0.4 is 4.74 Å². The highest BCUT2D eigenvalue weighted by molar-refractivity contribution is 7.19. The average Bonchev–Trinajstić information content (AvgIpc) is 3.09. The Hall–Kier alpha value is -3.18. The molecule has 0 saturated carbocycles. The van der Waals surface area contributed by atoms with Gasteiger partial charge in [0, 0.05) is 21.2 Å². The van der Waals surface area contributed by atoms with Crippen LogP contribution in [0.4, 0.5) is 0 Å². The molecule has 0 bridgehead atoms. The smallest absolute Gasteiger partial charge is 0.335 e. The quantitative estimate of drug-likeness (QED) is 0.315. The predicted molar refractivity (Wildman–Crippen MR) is 112 cm³/mol. The Kier molecular flexibility index (Phi) is 6.06. The van der Waals surface area contributed by atoms with Crippen molar-refractivity contribution < 1.29 is 19.1 Å². The first-order valence-electron chi connectivity index (χ1n) is 8.72. The van der Waals surface area contributed by atoms with Crippen molar-refractivity contribution >= 4 is 33.4 Å². The van der Waals surface area contributed by atoms with Crippen molar-refractivity contribution in [2.75, 3.05) is 0 Å². The molecule has 3 rings (SSSR count). The van der Waals surface area contributed by atoms with Gasteiger partial charge < -0.3 is 9.47 Å². The van der Waals surface area contributed by atoms with E-state index in [4.69, 9.17) is 9.47 Å². The number of thiophene rings is 1. The molecule has 1 heterocycles. The minimum absolute atomic E-state index is 0.255. The second-order valence-corrected chi connectivity index (χ2v) is 7.56. The largest absolute Gasteiger partial charge is 0.457 e. The van der Waals surface area contributed by atoms with Crippen LogP contribution in [-0.4, -0.2) is 11.9 Å². The lowest BCUT2D eigenvalue weighted by Gasteiger charge is -2.05. The molecule has 0 N–H and O–H groups in total. The molecule has 0 aliphatic rings. The highest BCUT2D eigenvalue weighted by Gasteiger charge is 2.08. The molecule has 2 aromatic carbocycles. The number of hydrogen-bond donors (Lipinski definition) is 0. The molecule has 0 saturated heterocycles. The van der Waals surface area contributed by atoms with Crippen LogP contribution in [0.15, 0.2) is 73.3 Å². The number of carbonyl (C=O) groups excluding carboxylic acids is 2. The number of ether oxygens (including phenoxy) is 2. The van der Waals surface area contributed by atoms with Crippen molar-refractivity contribution in [1.82, 2.24) is 0 Å². The van der Waals surface area contributed by atoms with Crippen molar-refractivity contribution in [1.29, 1.82) is 0 Å². The van der Waals surface area contributed by atoms with Crippen LogP contribution >= 0.6 is 11.3 Å². The predicted octanol–water partition coefficient (Wildman–Crippen LogP) is 5.20. The van der Waals surface area contributed by atoms with Gasteiger partial charge in [-0.3, -0.25) is 0 Å². The molecule has 0 fully saturated rings. The summed E-state index contributed by atoms with van der Waals surface area (Å²) >= 11 is 1.61. The Labute approximate surface area is 167 Å². The van der Waals surface area contributed by atoms with Gasteiger partial charge in [-0.15, -0.1) is 11.3 Å². The van der Waals surface area contributed by atoms with E-state index in [1.165, 1.54) is 5.56 Å². The van der Waals surface area contributed by atoms with E-state index in [-0.39, 0.29) is 12.6 Å². The molecule has 1 aromatic heterocycles. The molecule has 3 aromatic rings. The third-order valence-electron chi connectivity index (χ3n) is 4.04. The van der Waals surface area contributed by atoms with Crippen molar-refractivity contribution in [2.45, 2.75) is 20.0 Å². The van der Waals surface area contributed by atoms with Gasteiger partial charge in [-0.2, -0.15) is 0 Å². The molecule has 0 atom stereocenters. The van der Waals surface area contributed by atoms with E-state index in [0.29, 0.717) is 11.3 Å². The third-order valence-corrected chi connectivity index (χ3v) is 5.13. The van der Waals surface area contributed by atoms with Gasteiger partial charge in [-0.1, -0.05) is 31.4 Å². The van der Waals surface area contributed by atoms with Crippen LogP contribution in [0, 0.1) is 0 Å². The maximum Gasteiger partial charge on any atom is 0.335 e. The second-order valence-electron chi connectivity index (χ2n) is 6.39. The molecular weight excluding hydrogens is 372 g/mol. The lowest BCUT2D eigenvalue weighted by molar-refractivity contribution is -0.140. The van der Waals surface area contributed by atoms with E-state index in [1.807, 2.05) is 18.2 Å². The minimum atomic E-state index is -0.472. The number of carbonyl (C=O) groups is 2. The van der Waals surface area contributed by atoms with E-state index in [1.54, 1.807) is 30.4 Å². The molecule has 28 heavy (non-hydrogen) atoms. The van der Waals surface area contributed by atoms with E-state index in [2.05, 4.69) is 31.4 Å². The Bertz CT molecular complexity index is 1040. The van der Waals surface area contributed by atoms with E-state index < -0.39 is 5.97 Å². The van der Waals surface area contributed by atoms with Gasteiger partial charge in [0.2, 0.25) is 0 Å². The molecule has 142 valence electrons. The normalized spacial score (nSPS) is 10.5. The molecule has 4 nitrogen and oxygen atoms in total. The first-order valence-corrected chi connectivity index (χ1v) is 9.53. The highest BCUT2D eigenvalue weighted by atomic mass is 32.1. The van der Waals surface area contributed by atoms with Gasteiger partial charge in [0.1, 0.15) is 12.4 Å². The fourth-order valence-electron chi connectivity index (χ4n) is 2.66. The van der Waals surface area contributed by atoms with Gasteiger partial charge in [-0.05, 0) is 60.2 Å². The van der Waals surface area contributed by atoms with Gasteiger partial charge in [0.15, 0.2) is 0 Å². The zero-order valence-electron chi connectivity index (χ0n) is 15.6. The number of hydrogen-bond acceptors (Lipinski definition) is 5. The van der Waals surface area contributed by atoms with Crippen molar-refractivity contribution in [3.05, 3.63) is 89.3 Å². The summed E-state index contributed by atoms with van der Waals surface area (Å²) in [6.45, 7) is 8.86. The first-order chi connectivity index (χ1) is 13.4. The lowest BCUT2D eigenvalue weighted by Crippen LogP contribution is -2.03. The molecule has 5 heteroatoms. The van der Waals surface area contributed by atoms with Crippen LogP contribution in [0.2, 0.25) is 0 Å². The number of fused-ring (bicyclic) bond motifs is 1. The maximum atomic E-state index is 11.5.